The van der Waals surface area contributed by atoms with Crippen molar-refractivity contribution in [3.8, 4) is 0 Å². The quantitative estimate of drug-likeness (QED) is 0.887. The molecule has 1 N–H and O–H groups in total. The monoisotopic (exact) mass is 261 g/mol. The molecule has 0 unspecified atom stereocenters. The van der Waals surface area contributed by atoms with Crippen LogP contribution < -0.4 is 5.32 Å². The van der Waals surface area contributed by atoms with E-state index in [4.69, 9.17) is 0 Å². The lowest BCUT2D eigenvalue weighted by molar-refractivity contribution is -0.126. The minimum absolute atomic E-state index is 0.184. The molecule has 1 aromatic carbocycles. The van der Waals surface area contributed by atoms with Crippen LogP contribution in [-0.4, -0.2) is 12.5 Å². The van der Waals surface area contributed by atoms with Gasteiger partial charge in [0.1, 0.15) is 5.82 Å². The maximum atomic E-state index is 13.4. The molecule has 0 saturated heterocycles. The zero-order chi connectivity index (χ0) is 13.2. The number of carbonyl (C=O) groups excluding carboxylic acids is 1. The number of fused-ring (bicyclic) bond motifs is 2. The Morgan fingerprint density at radius 3 is 2.79 bits per heavy atom. The van der Waals surface area contributed by atoms with E-state index in [1.54, 1.807) is 12.1 Å². The van der Waals surface area contributed by atoms with Crippen LogP contribution in [-0.2, 0) is 11.2 Å². The van der Waals surface area contributed by atoms with Crippen LogP contribution in [0.2, 0.25) is 0 Å². The van der Waals surface area contributed by atoms with Crippen LogP contribution in [0.25, 0.3) is 0 Å². The second-order valence-corrected chi connectivity index (χ2v) is 5.91. The highest BCUT2D eigenvalue weighted by molar-refractivity contribution is 5.79. The summed E-state index contributed by atoms with van der Waals surface area (Å²) >= 11 is 0. The van der Waals surface area contributed by atoms with Gasteiger partial charge in [0.25, 0.3) is 0 Å². The zero-order valence-corrected chi connectivity index (χ0v) is 11.1. The minimum Gasteiger partial charge on any atom is -0.356 e. The Kier molecular flexibility index (Phi) is 3.54. The second kappa shape index (κ2) is 5.32. The van der Waals surface area contributed by atoms with Gasteiger partial charge in [0.2, 0.25) is 5.91 Å². The van der Waals surface area contributed by atoms with Crippen molar-refractivity contribution in [2.75, 3.05) is 6.54 Å². The van der Waals surface area contributed by atoms with E-state index >= 15 is 0 Å². The molecule has 1 aromatic rings. The van der Waals surface area contributed by atoms with E-state index in [0.717, 1.165) is 12.3 Å². The molecule has 2 aliphatic rings. The van der Waals surface area contributed by atoms with E-state index < -0.39 is 0 Å². The van der Waals surface area contributed by atoms with Crippen LogP contribution in [0.3, 0.4) is 0 Å². The normalized spacial score (nSPS) is 28.6. The van der Waals surface area contributed by atoms with Crippen LogP contribution in [0.5, 0.6) is 0 Å². The van der Waals surface area contributed by atoms with Gasteiger partial charge in [-0.2, -0.15) is 0 Å². The molecule has 2 nitrogen and oxygen atoms in total. The number of nitrogens with one attached hydrogen (secondary N) is 1. The Hall–Kier alpha value is -1.38. The van der Waals surface area contributed by atoms with Crippen LogP contribution in [0.4, 0.5) is 4.39 Å². The maximum Gasteiger partial charge on any atom is 0.223 e. The number of halogens is 1. The summed E-state index contributed by atoms with van der Waals surface area (Å²) in [6, 6.07) is 6.76. The third kappa shape index (κ3) is 2.65. The molecule has 0 aliphatic heterocycles. The summed E-state index contributed by atoms with van der Waals surface area (Å²) in [5.74, 6) is 1.62. The Labute approximate surface area is 113 Å². The molecule has 2 bridgehead atoms. The average Bonchev–Trinajstić information content (AvgIpc) is 3.03. The highest BCUT2D eigenvalue weighted by Gasteiger charge is 2.42. The lowest BCUT2D eigenvalue weighted by atomic mass is 9.88. The third-order valence-corrected chi connectivity index (χ3v) is 4.73. The molecule has 0 spiro atoms. The topological polar surface area (TPSA) is 29.1 Å². The van der Waals surface area contributed by atoms with Gasteiger partial charge in [0, 0.05) is 12.5 Å². The average molecular weight is 261 g/mol. The number of benzene rings is 1. The molecule has 3 atom stereocenters. The van der Waals surface area contributed by atoms with E-state index in [-0.39, 0.29) is 17.6 Å². The van der Waals surface area contributed by atoms with Gasteiger partial charge < -0.3 is 5.32 Å². The van der Waals surface area contributed by atoms with Gasteiger partial charge in [-0.25, -0.2) is 4.39 Å². The van der Waals surface area contributed by atoms with Crippen LogP contribution in [0, 0.1) is 23.6 Å². The first-order valence-corrected chi connectivity index (χ1v) is 7.25. The van der Waals surface area contributed by atoms with E-state index in [9.17, 15) is 9.18 Å². The molecule has 0 radical (unpaired) electrons. The number of amides is 1. The lowest BCUT2D eigenvalue weighted by Gasteiger charge is -2.20. The zero-order valence-electron chi connectivity index (χ0n) is 11.1. The van der Waals surface area contributed by atoms with Crippen molar-refractivity contribution in [3.63, 3.8) is 0 Å². The van der Waals surface area contributed by atoms with E-state index in [2.05, 4.69) is 5.32 Å². The van der Waals surface area contributed by atoms with Crippen molar-refractivity contribution >= 4 is 5.91 Å². The highest BCUT2D eigenvalue weighted by atomic mass is 19.1. The van der Waals surface area contributed by atoms with Crippen LogP contribution in [0.15, 0.2) is 24.3 Å². The Morgan fingerprint density at radius 2 is 2.11 bits per heavy atom. The minimum atomic E-state index is -0.184. The Bertz CT molecular complexity index is 474. The predicted octanol–water partition coefficient (Wildman–Crippen LogP) is 2.92. The molecule has 102 valence electrons. The fourth-order valence-electron chi connectivity index (χ4n) is 3.72. The molecule has 3 rings (SSSR count). The number of hydrogen-bond acceptors (Lipinski definition) is 1. The SMILES string of the molecule is O=C(NCCc1ccccc1F)[C@@H]1C[C@H]2CC[C@H]1C2. The summed E-state index contributed by atoms with van der Waals surface area (Å²) in [6.07, 6.45) is 5.40. The second-order valence-electron chi connectivity index (χ2n) is 5.91. The first-order valence-electron chi connectivity index (χ1n) is 7.25. The van der Waals surface area contributed by atoms with Crippen molar-refractivity contribution < 1.29 is 9.18 Å². The number of rotatable bonds is 4. The van der Waals surface area contributed by atoms with Gasteiger partial charge in [0.05, 0.1) is 0 Å². The van der Waals surface area contributed by atoms with Crippen molar-refractivity contribution in [1.82, 2.24) is 5.32 Å². The molecule has 2 fully saturated rings. The predicted molar refractivity (Wildman–Crippen MR) is 72.1 cm³/mol. The fourth-order valence-corrected chi connectivity index (χ4v) is 3.72. The largest absolute Gasteiger partial charge is 0.356 e. The van der Waals surface area contributed by atoms with Gasteiger partial charge in [0.15, 0.2) is 0 Å². The molecule has 19 heavy (non-hydrogen) atoms. The Morgan fingerprint density at radius 1 is 1.26 bits per heavy atom. The first-order chi connectivity index (χ1) is 9.24. The summed E-state index contributed by atoms with van der Waals surface area (Å²) in [4.78, 5) is 12.1. The lowest BCUT2D eigenvalue weighted by Crippen LogP contribution is -2.34. The number of hydrogen-bond donors (Lipinski definition) is 1. The summed E-state index contributed by atoms with van der Waals surface area (Å²) in [6.45, 7) is 0.535. The third-order valence-electron chi connectivity index (χ3n) is 4.73. The summed E-state index contributed by atoms with van der Waals surface area (Å²) in [5.41, 5.74) is 0.677. The van der Waals surface area contributed by atoms with Crippen molar-refractivity contribution in [2.24, 2.45) is 17.8 Å². The van der Waals surface area contributed by atoms with Crippen molar-refractivity contribution in [2.45, 2.75) is 32.1 Å². The fraction of sp³-hybridized carbons (Fsp3) is 0.562. The highest BCUT2D eigenvalue weighted by Crippen LogP contribution is 2.48. The smallest absolute Gasteiger partial charge is 0.223 e. The van der Waals surface area contributed by atoms with Gasteiger partial charge in [-0.05, 0) is 49.1 Å². The summed E-state index contributed by atoms with van der Waals surface area (Å²) in [5, 5.41) is 2.98. The van der Waals surface area contributed by atoms with Gasteiger partial charge in [-0.1, -0.05) is 24.6 Å². The molecule has 3 heteroatoms. The molecule has 0 heterocycles. The van der Waals surface area contributed by atoms with E-state index in [0.29, 0.717) is 24.4 Å². The van der Waals surface area contributed by atoms with Crippen molar-refractivity contribution in [1.29, 1.82) is 0 Å². The first kappa shape index (κ1) is 12.6. The number of carbonyl (C=O) groups is 1. The Balaban J connectivity index is 1.48. The molecule has 2 saturated carbocycles. The van der Waals surface area contributed by atoms with Gasteiger partial charge >= 0.3 is 0 Å². The van der Waals surface area contributed by atoms with Crippen LogP contribution >= 0.6 is 0 Å². The molecule has 0 aromatic heterocycles. The standard InChI is InChI=1S/C16H20FNO/c17-15-4-2-1-3-12(15)7-8-18-16(19)14-10-11-5-6-13(14)9-11/h1-4,11,13-14H,5-10H2,(H,18,19)/t11-,13-,14+/m0/s1. The summed E-state index contributed by atoms with van der Waals surface area (Å²) < 4.78 is 13.4. The van der Waals surface area contributed by atoms with Crippen molar-refractivity contribution in [3.05, 3.63) is 35.6 Å². The van der Waals surface area contributed by atoms with Gasteiger partial charge in [-0.15, -0.1) is 0 Å². The molecule has 1 amide bonds. The molecular formula is C16H20FNO. The van der Waals surface area contributed by atoms with E-state index in [1.807, 2.05) is 6.07 Å². The summed E-state index contributed by atoms with van der Waals surface area (Å²) in [7, 11) is 0. The van der Waals surface area contributed by atoms with Crippen LogP contribution in [0.1, 0.15) is 31.2 Å². The molecular weight excluding hydrogens is 241 g/mol. The van der Waals surface area contributed by atoms with E-state index in [1.165, 1.54) is 25.3 Å². The maximum absolute atomic E-state index is 13.4. The van der Waals surface area contributed by atoms with Gasteiger partial charge in [-0.3, -0.25) is 4.79 Å². The molecule has 2 aliphatic carbocycles.